The Morgan fingerprint density at radius 2 is 2.00 bits per heavy atom. The Labute approximate surface area is 124 Å². The smallest absolute Gasteiger partial charge is 0.287 e. The minimum Gasteiger partial charge on any atom is -0.455 e. The summed E-state index contributed by atoms with van der Waals surface area (Å²) in [6.07, 6.45) is 0. The molecule has 0 fully saturated rings. The van der Waals surface area contributed by atoms with Crippen molar-refractivity contribution in [1.29, 1.82) is 0 Å². The van der Waals surface area contributed by atoms with E-state index >= 15 is 0 Å². The van der Waals surface area contributed by atoms with Gasteiger partial charge in [0, 0.05) is 23.3 Å². The second-order valence-corrected chi connectivity index (χ2v) is 8.33. The zero-order valence-corrected chi connectivity index (χ0v) is 13.9. The van der Waals surface area contributed by atoms with Crippen LogP contribution in [0.5, 0.6) is 0 Å². The summed E-state index contributed by atoms with van der Waals surface area (Å²) in [5, 5.41) is 2.74. The van der Waals surface area contributed by atoms with Gasteiger partial charge in [0.2, 0.25) is 0 Å². The molecule has 0 unspecified atom stereocenters. The molecule has 114 valence electrons. The van der Waals surface area contributed by atoms with Crippen molar-refractivity contribution in [2.75, 3.05) is 6.54 Å². The van der Waals surface area contributed by atoms with Gasteiger partial charge in [0.1, 0.15) is 10.7 Å². The fourth-order valence-electron chi connectivity index (χ4n) is 1.42. The maximum atomic E-state index is 12.0. The SMILES string of the molecule is Cc1oc(C(=O)NCC(C)(C)C(C)C)cc1S(=O)(=O)Cl. The largest absolute Gasteiger partial charge is 0.455 e. The summed E-state index contributed by atoms with van der Waals surface area (Å²) in [6, 6.07) is 1.15. The van der Waals surface area contributed by atoms with Crippen LogP contribution < -0.4 is 5.32 Å². The maximum absolute atomic E-state index is 12.0. The van der Waals surface area contributed by atoms with E-state index < -0.39 is 15.0 Å². The first kappa shape index (κ1) is 17.0. The number of nitrogens with one attached hydrogen (secondary N) is 1. The zero-order chi connectivity index (χ0) is 15.7. The Bertz CT molecular complexity index is 602. The maximum Gasteiger partial charge on any atom is 0.287 e. The molecule has 0 bridgehead atoms. The van der Waals surface area contributed by atoms with Crippen LogP contribution in [0.2, 0.25) is 0 Å². The van der Waals surface area contributed by atoms with Crippen molar-refractivity contribution in [3.63, 3.8) is 0 Å². The zero-order valence-electron chi connectivity index (χ0n) is 12.3. The monoisotopic (exact) mass is 321 g/mol. The number of halogens is 1. The van der Waals surface area contributed by atoms with E-state index in [1.165, 1.54) is 6.92 Å². The molecule has 0 radical (unpaired) electrons. The summed E-state index contributed by atoms with van der Waals surface area (Å²) >= 11 is 0. The van der Waals surface area contributed by atoms with Crippen LogP contribution in [0.4, 0.5) is 0 Å². The van der Waals surface area contributed by atoms with E-state index in [2.05, 4.69) is 19.2 Å². The van der Waals surface area contributed by atoms with Crippen LogP contribution in [0, 0.1) is 18.3 Å². The molecule has 0 aliphatic heterocycles. The molecule has 0 saturated heterocycles. The quantitative estimate of drug-likeness (QED) is 0.846. The Balaban J connectivity index is 2.85. The van der Waals surface area contributed by atoms with Gasteiger partial charge in [-0.2, -0.15) is 0 Å². The number of carbonyl (C=O) groups excluding carboxylic acids is 1. The first-order valence-corrected chi connectivity index (χ1v) is 8.59. The molecule has 0 aliphatic carbocycles. The molecule has 1 heterocycles. The van der Waals surface area contributed by atoms with Crippen molar-refractivity contribution < 1.29 is 17.6 Å². The summed E-state index contributed by atoms with van der Waals surface area (Å²) in [5.41, 5.74) is -0.0707. The van der Waals surface area contributed by atoms with E-state index in [9.17, 15) is 13.2 Å². The summed E-state index contributed by atoms with van der Waals surface area (Å²) in [7, 11) is 1.35. The van der Waals surface area contributed by atoms with E-state index in [0.717, 1.165) is 6.07 Å². The number of aryl methyl sites for hydroxylation is 1. The first-order valence-electron chi connectivity index (χ1n) is 6.28. The number of furan rings is 1. The van der Waals surface area contributed by atoms with Gasteiger partial charge in [-0.3, -0.25) is 4.79 Å². The molecule has 0 aromatic carbocycles. The average Bonchev–Trinajstić information content (AvgIpc) is 2.68. The molecule has 20 heavy (non-hydrogen) atoms. The lowest BCUT2D eigenvalue weighted by atomic mass is 9.81. The lowest BCUT2D eigenvalue weighted by molar-refractivity contribution is 0.0895. The Morgan fingerprint density at radius 3 is 2.40 bits per heavy atom. The number of carbonyl (C=O) groups is 1. The summed E-state index contributed by atoms with van der Waals surface area (Å²) < 4.78 is 27.7. The van der Waals surface area contributed by atoms with Gasteiger partial charge in [0.25, 0.3) is 15.0 Å². The van der Waals surface area contributed by atoms with Gasteiger partial charge in [-0.05, 0) is 18.3 Å². The molecule has 1 amide bonds. The molecule has 1 N–H and O–H groups in total. The van der Waals surface area contributed by atoms with E-state index in [-0.39, 0.29) is 21.8 Å². The lowest BCUT2D eigenvalue weighted by Crippen LogP contribution is -2.36. The average molecular weight is 322 g/mol. The molecule has 5 nitrogen and oxygen atoms in total. The fraction of sp³-hybridized carbons (Fsp3) is 0.615. The summed E-state index contributed by atoms with van der Waals surface area (Å²) in [5.74, 6) is -0.0112. The number of amides is 1. The van der Waals surface area contributed by atoms with Crippen LogP contribution >= 0.6 is 10.7 Å². The highest BCUT2D eigenvalue weighted by Crippen LogP contribution is 2.26. The summed E-state index contributed by atoms with van der Waals surface area (Å²) in [4.78, 5) is 11.8. The van der Waals surface area contributed by atoms with E-state index in [1.807, 2.05) is 13.8 Å². The first-order chi connectivity index (χ1) is 8.95. The molecule has 0 atom stereocenters. The topological polar surface area (TPSA) is 76.4 Å². The third-order valence-electron chi connectivity index (χ3n) is 3.63. The Hall–Kier alpha value is -1.01. The minimum atomic E-state index is -3.90. The Morgan fingerprint density at radius 1 is 1.45 bits per heavy atom. The molecule has 0 aliphatic rings. The van der Waals surface area contributed by atoms with Crippen LogP contribution in [0.15, 0.2) is 15.4 Å². The van der Waals surface area contributed by atoms with Crippen molar-refractivity contribution in [1.82, 2.24) is 5.32 Å². The molecule has 1 aromatic rings. The van der Waals surface area contributed by atoms with Crippen LogP contribution in [0.1, 0.15) is 44.0 Å². The van der Waals surface area contributed by atoms with Gasteiger partial charge in [-0.25, -0.2) is 8.42 Å². The summed E-state index contributed by atoms with van der Waals surface area (Å²) in [6.45, 7) is 10.1. The van der Waals surface area contributed by atoms with Crippen molar-refractivity contribution in [3.05, 3.63) is 17.6 Å². The second-order valence-electron chi connectivity index (χ2n) is 5.79. The van der Waals surface area contributed by atoms with Crippen molar-refractivity contribution in [2.24, 2.45) is 11.3 Å². The predicted octanol–water partition coefficient (Wildman–Crippen LogP) is 2.93. The molecule has 0 spiro atoms. The third-order valence-corrected chi connectivity index (χ3v) is 5.06. The molecule has 1 rings (SSSR count). The van der Waals surface area contributed by atoms with Crippen molar-refractivity contribution in [3.8, 4) is 0 Å². The van der Waals surface area contributed by atoms with Gasteiger partial charge >= 0.3 is 0 Å². The number of hydrogen-bond acceptors (Lipinski definition) is 4. The van der Waals surface area contributed by atoms with Crippen LogP contribution in [-0.2, 0) is 9.05 Å². The number of hydrogen-bond donors (Lipinski definition) is 1. The van der Waals surface area contributed by atoms with Crippen molar-refractivity contribution in [2.45, 2.75) is 39.5 Å². The van der Waals surface area contributed by atoms with Crippen LogP contribution in [0.3, 0.4) is 0 Å². The highest BCUT2D eigenvalue weighted by molar-refractivity contribution is 8.13. The Kier molecular flexibility index (Phi) is 4.92. The third kappa shape index (κ3) is 3.99. The minimum absolute atomic E-state index is 0.0544. The lowest BCUT2D eigenvalue weighted by Gasteiger charge is -2.29. The molecule has 7 heteroatoms. The van der Waals surface area contributed by atoms with Gasteiger partial charge in [-0.1, -0.05) is 27.7 Å². The standard InChI is InChI=1S/C13H20ClNO4S/c1-8(2)13(4,5)7-15-12(16)10-6-11(9(3)19-10)20(14,17)18/h6,8H,7H2,1-5H3,(H,15,16). The van der Waals surface area contributed by atoms with Crippen LogP contribution in [0.25, 0.3) is 0 Å². The molecule has 0 saturated carbocycles. The van der Waals surface area contributed by atoms with E-state index in [1.54, 1.807) is 0 Å². The highest BCUT2D eigenvalue weighted by Gasteiger charge is 2.26. The highest BCUT2D eigenvalue weighted by atomic mass is 35.7. The van der Waals surface area contributed by atoms with E-state index in [4.69, 9.17) is 15.1 Å². The normalized spacial score (nSPS) is 12.8. The fourth-order valence-corrected chi connectivity index (χ4v) is 2.51. The van der Waals surface area contributed by atoms with Gasteiger partial charge in [0.05, 0.1) is 0 Å². The predicted molar refractivity (Wildman–Crippen MR) is 77.4 cm³/mol. The molecular formula is C13H20ClNO4S. The second kappa shape index (κ2) is 5.77. The van der Waals surface area contributed by atoms with E-state index in [0.29, 0.717) is 12.5 Å². The van der Waals surface area contributed by atoms with Crippen molar-refractivity contribution >= 4 is 25.6 Å². The van der Waals surface area contributed by atoms with Gasteiger partial charge in [0.15, 0.2) is 5.76 Å². The van der Waals surface area contributed by atoms with Gasteiger partial charge < -0.3 is 9.73 Å². The number of rotatable bonds is 5. The van der Waals surface area contributed by atoms with Gasteiger partial charge in [-0.15, -0.1) is 0 Å². The molecular weight excluding hydrogens is 302 g/mol. The molecule has 1 aromatic heterocycles. The van der Waals surface area contributed by atoms with Crippen LogP contribution in [-0.4, -0.2) is 20.9 Å².